The summed E-state index contributed by atoms with van der Waals surface area (Å²) in [5.74, 6) is -1.93. The lowest BCUT2D eigenvalue weighted by Gasteiger charge is -2.41. The number of hydrazine groups is 1. The molecule has 1 amide bonds. The molecule has 1 unspecified atom stereocenters. The largest absolute Gasteiger partial charge is 0.363 e. The van der Waals surface area contributed by atoms with Gasteiger partial charge in [-0.1, -0.05) is 60.1 Å². The van der Waals surface area contributed by atoms with Gasteiger partial charge in [0, 0.05) is 22.2 Å². The van der Waals surface area contributed by atoms with Crippen LogP contribution in [0.2, 0.25) is 5.02 Å². The zero-order valence-electron chi connectivity index (χ0n) is 16.9. The third-order valence-corrected chi connectivity index (χ3v) is 5.41. The fourth-order valence-electron chi connectivity index (χ4n) is 3.42. The van der Waals surface area contributed by atoms with E-state index in [-0.39, 0.29) is 11.1 Å². The Hall–Kier alpha value is -3.74. The summed E-state index contributed by atoms with van der Waals surface area (Å²) in [6.07, 6.45) is 0.580. The van der Waals surface area contributed by atoms with Gasteiger partial charge in [0.25, 0.3) is 5.91 Å². The lowest BCUT2D eigenvalue weighted by atomic mass is 9.93. The number of ketones is 2. The van der Waals surface area contributed by atoms with E-state index in [1.165, 1.54) is 18.2 Å². The minimum atomic E-state index is -2.41. The van der Waals surface area contributed by atoms with E-state index in [2.05, 4.69) is 5.43 Å². The quantitative estimate of drug-likeness (QED) is 0.581. The minimum absolute atomic E-state index is 0.250. The Balaban J connectivity index is 1.73. The van der Waals surface area contributed by atoms with Gasteiger partial charge in [-0.2, -0.15) is 0 Å². The molecule has 0 spiro atoms. The monoisotopic (exact) mass is 446 g/mol. The lowest BCUT2D eigenvalue weighted by molar-refractivity contribution is -0.155. The number of carbonyl (C=O) groups excluding carboxylic acids is 3. The van der Waals surface area contributed by atoms with Crippen LogP contribution in [-0.2, 0) is 4.79 Å². The first-order valence-electron chi connectivity index (χ1n) is 9.87. The highest BCUT2D eigenvalue weighted by Gasteiger charge is 2.49. The Bertz CT molecular complexity index is 1190. The van der Waals surface area contributed by atoms with Gasteiger partial charge in [0.1, 0.15) is 0 Å². The number of amides is 1. The van der Waals surface area contributed by atoms with Gasteiger partial charge < -0.3 is 5.11 Å². The van der Waals surface area contributed by atoms with Crippen molar-refractivity contribution in [3.05, 3.63) is 113 Å². The molecule has 32 heavy (non-hydrogen) atoms. The fraction of sp³-hybridized carbons (Fsp3) is 0.0800. The Morgan fingerprint density at radius 2 is 1.47 bits per heavy atom. The maximum atomic E-state index is 13.3. The van der Waals surface area contributed by atoms with Gasteiger partial charge in [-0.15, -0.1) is 0 Å². The number of carbonyl (C=O) groups is 3. The van der Waals surface area contributed by atoms with Crippen molar-refractivity contribution in [1.82, 2.24) is 10.4 Å². The van der Waals surface area contributed by atoms with E-state index < -0.39 is 29.6 Å². The number of aliphatic hydroxyl groups is 1. The Labute approximate surface area is 189 Å². The fourth-order valence-corrected chi connectivity index (χ4v) is 3.55. The van der Waals surface area contributed by atoms with Crippen molar-refractivity contribution in [2.75, 3.05) is 0 Å². The molecule has 0 bridgehead atoms. The first-order valence-corrected chi connectivity index (χ1v) is 10.3. The number of nitrogens with one attached hydrogen (secondary N) is 1. The average molecular weight is 447 g/mol. The molecule has 160 valence electrons. The molecule has 0 aliphatic carbocycles. The van der Waals surface area contributed by atoms with Crippen LogP contribution in [0.1, 0.15) is 32.7 Å². The highest BCUT2D eigenvalue weighted by atomic mass is 35.5. The summed E-state index contributed by atoms with van der Waals surface area (Å²) < 4.78 is 0. The van der Waals surface area contributed by atoms with E-state index in [0.29, 0.717) is 16.3 Å². The summed E-state index contributed by atoms with van der Waals surface area (Å²) in [5, 5.41) is 12.7. The van der Waals surface area contributed by atoms with E-state index in [9.17, 15) is 19.5 Å². The predicted octanol–water partition coefficient (Wildman–Crippen LogP) is 3.87. The minimum Gasteiger partial charge on any atom is -0.363 e. The second-order valence-electron chi connectivity index (χ2n) is 7.33. The van der Waals surface area contributed by atoms with Crippen LogP contribution in [0, 0.1) is 0 Å². The average Bonchev–Trinajstić information content (AvgIpc) is 2.82. The van der Waals surface area contributed by atoms with E-state index in [0.717, 1.165) is 5.01 Å². The molecule has 1 aliphatic rings. The molecule has 1 atom stereocenters. The standard InChI is InChI=1S/C25H19ClN2O4/c26-20-13-11-18(12-14-20)22(29)16-25(32)23(30)15-21(17-7-3-1-4-8-17)27-28(25)24(31)19-9-5-2-6-10-19/h1-15,27,32H,16H2. The molecular formula is C25H19ClN2O4. The maximum Gasteiger partial charge on any atom is 0.275 e. The molecule has 4 rings (SSSR count). The number of hydrogen-bond donors (Lipinski definition) is 2. The molecule has 7 heteroatoms. The van der Waals surface area contributed by atoms with Gasteiger partial charge >= 0.3 is 0 Å². The topological polar surface area (TPSA) is 86.7 Å². The first-order chi connectivity index (χ1) is 15.4. The summed E-state index contributed by atoms with van der Waals surface area (Å²) in [7, 11) is 0. The normalized spacial score (nSPS) is 18.0. The lowest BCUT2D eigenvalue weighted by Crippen LogP contribution is -2.64. The van der Waals surface area contributed by atoms with Gasteiger partial charge in [0.2, 0.25) is 11.5 Å². The van der Waals surface area contributed by atoms with Crippen LogP contribution in [-0.4, -0.2) is 33.3 Å². The van der Waals surface area contributed by atoms with E-state index in [1.807, 2.05) is 6.07 Å². The van der Waals surface area contributed by atoms with Crippen LogP contribution in [0.25, 0.3) is 5.70 Å². The van der Waals surface area contributed by atoms with Crippen molar-refractivity contribution in [1.29, 1.82) is 0 Å². The number of halogens is 1. The third kappa shape index (κ3) is 4.19. The van der Waals surface area contributed by atoms with E-state index >= 15 is 0 Å². The van der Waals surface area contributed by atoms with Gasteiger partial charge in [-0.05, 0) is 42.0 Å². The number of rotatable bonds is 5. The summed E-state index contributed by atoms with van der Waals surface area (Å²) in [6, 6.07) is 23.2. The van der Waals surface area contributed by atoms with Crippen molar-refractivity contribution >= 4 is 34.8 Å². The highest BCUT2D eigenvalue weighted by Crippen LogP contribution is 2.29. The van der Waals surface area contributed by atoms with E-state index in [4.69, 9.17) is 11.6 Å². The molecule has 0 aromatic heterocycles. The Kier molecular flexibility index (Phi) is 5.90. The zero-order chi connectivity index (χ0) is 22.7. The number of benzene rings is 3. The third-order valence-electron chi connectivity index (χ3n) is 5.15. The molecule has 6 nitrogen and oxygen atoms in total. The van der Waals surface area contributed by atoms with Crippen LogP contribution >= 0.6 is 11.6 Å². The number of Topliss-reactive ketones (excluding diaryl/α,β-unsaturated/α-hetero) is 1. The highest BCUT2D eigenvalue weighted by molar-refractivity contribution is 6.30. The molecule has 1 aliphatic heterocycles. The van der Waals surface area contributed by atoms with Crippen molar-refractivity contribution in [3.8, 4) is 0 Å². The Morgan fingerprint density at radius 3 is 2.09 bits per heavy atom. The molecule has 0 saturated carbocycles. The molecule has 1 heterocycles. The first kappa shape index (κ1) is 21.5. The van der Waals surface area contributed by atoms with Gasteiger partial charge in [-0.3, -0.25) is 19.8 Å². The van der Waals surface area contributed by atoms with Gasteiger partial charge in [-0.25, -0.2) is 5.01 Å². The smallest absolute Gasteiger partial charge is 0.275 e. The molecule has 2 N–H and O–H groups in total. The molecule has 3 aromatic rings. The SMILES string of the molecule is O=C(CC1(O)C(=O)C=C(c2ccccc2)NN1C(=O)c1ccccc1)c1ccc(Cl)cc1. The number of nitrogens with zero attached hydrogens (tertiary/aromatic N) is 1. The number of hydrogen-bond acceptors (Lipinski definition) is 5. The second-order valence-corrected chi connectivity index (χ2v) is 7.77. The van der Waals surface area contributed by atoms with Crippen LogP contribution in [0.4, 0.5) is 0 Å². The second kappa shape index (κ2) is 8.78. The van der Waals surface area contributed by atoms with Crippen molar-refractivity contribution in [3.63, 3.8) is 0 Å². The summed E-state index contributed by atoms with van der Waals surface area (Å²) >= 11 is 5.88. The van der Waals surface area contributed by atoms with Crippen molar-refractivity contribution < 1.29 is 19.5 Å². The summed E-state index contributed by atoms with van der Waals surface area (Å²) in [5.41, 5.74) is 1.94. The Morgan fingerprint density at radius 1 is 0.875 bits per heavy atom. The van der Waals surface area contributed by atoms with Gasteiger partial charge in [0.15, 0.2) is 5.78 Å². The van der Waals surface area contributed by atoms with Crippen LogP contribution < -0.4 is 5.43 Å². The molecule has 3 aromatic carbocycles. The summed E-state index contributed by atoms with van der Waals surface area (Å²) in [6.45, 7) is 0. The maximum absolute atomic E-state index is 13.3. The van der Waals surface area contributed by atoms with Crippen LogP contribution in [0.3, 0.4) is 0 Å². The van der Waals surface area contributed by atoms with Gasteiger partial charge in [0.05, 0.1) is 12.1 Å². The predicted molar refractivity (Wildman–Crippen MR) is 121 cm³/mol. The molecule has 0 saturated heterocycles. The van der Waals surface area contributed by atoms with Crippen LogP contribution in [0.5, 0.6) is 0 Å². The molecule has 0 fully saturated rings. The summed E-state index contributed by atoms with van der Waals surface area (Å²) in [4.78, 5) is 39.3. The van der Waals surface area contributed by atoms with E-state index in [1.54, 1.807) is 66.7 Å². The van der Waals surface area contributed by atoms with Crippen LogP contribution in [0.15, 0.2) is 91.0 Å². The molecular weight excluding hydrogens is 428 g/mol. The zero-order valence-corrected chi connectivity index (χ0v) is 17.6. The van der Waals surface area contributed by atoms with Crippen molar-refractivity contribution in [2.24, 2.45) is 0 Å². The van der Waals surface area contributed by atoms with Crippen molar-refractivity contribution in [2.45, 2.75) is 12.1 Å². The molecule has 0 radical (unpaired) electrons.